The first kappa shape index (κ1) is 21.7. The van der Waals surface area contributed by atoms with Crippen LogP contribution in [0.4, 0.5) is 5.69 Å². The third kappa shape index (κ3) is 8.65. The molecule has 1 aromatic rings. The van der Waals surface area contributed by atoms with Gasteiger partial charge >= 0.3 is 0 Å². The molecule has 6 nitrogen and oxygen atoms in total. The summed E-state index contributed by atoms with van der Waals surface area (Å²) in [5.74, 6) is -0.194. The van der Waals surface area contributed by atoms with Crippen molar-refractivity contribution in [1.29, 1.82) is 0 Å². The lowest BCUT2D eigenvalue weighted by atomic mass is 10.0. The normalized spacial score (nSPS) is 10.9. The number of nitrogens with one attached hydrogen (secondary N) is 3. The minimum Gasteiger partial charge on any atom is -0.356 e. The van der Waals surface area contributed by atoms with Crippen LogP contribution in [-0.2, 0) is 9.59 Å². The van der Waals surface area contributed by atoms with Gasteiger partial charge in [-0.15, -0.1) is 0 Å². The predicted octanol–water partition coefficient (Wildman–Crippen LogP) is 3.24. The van der Waals surface area contributed by atoms with E-state index in [4.69, 9.17) is 0 Å². The van der Waals surface area contributed by atoms with Crippen molar-refractivity contribution in [1.82, 2.24) is 10.6 Å². The molecule has 0 atom stereocenters. The van der Waals surface area contributed by atoms with Crippen LogP contribution in [0.25, 0.3) is 0 Å². The number of amides is 3. The van der Waals surface area contributed by atoms with Crippen molar-refractivity contribution in [3.8, 4) is 0 Å². The second-order valence-electron chi connectivity index (χ2n) is 7.11. The maximum absolute atomic E-state index is 12.2. The van der Waals surface area contributed by atoms with E-state index in [0.717, 1.165) is 25.7 Å². The summed E-state index contributed by atoms with van der Waals surface area (Å²) >= 11 is 0. The molecule has 1 aromatic carbocycles. The Kier molecular flexibility index (Phi) is 8.82. The number of rotatable bonds is 10. The van der Waals surface area contributed by atoms with Gasteiger partial charge in [-0.1, -0.05) is 13.3 Å². The number of hydrogen-bond donors (Lipinski definition) is 3. The van der Waals surface area contributed by atoms with Crippen LogP contribution in [0.3, 0.4) is 0 Å². The number of unbranched alkanes of at least 4 members (excludes halogenated alkanes) is 2. The van der Waals surface area contributed by atoms with E-state index in [1.54, 1.807) is 24.3 Å². The lowest BCUT2D eigenvalue weighted by molar-refractivity contribution is -0.119. The van der Waals surface area contributed by atoms with Crippen molar-refractivity contribution in [2.75, 3.05) is 11.9 Å². The quantitative estimate of drug-likeness (QED) is 0.559. The van der Waals surface area contributed by atoms with Gasteiger partial charge in [-0.05, 0) is 57.4 Å². The zero-order chi connectivity index (χ0) is 19.6. The van der Waals surface area contributed by atoms with Gasteiger partial charge in [-0.25, -0.2) is 0 Å². The van der Waals surface area contributed by atoms with Crippen LogP contribution in [0.1, 0.15) is 70.2 Å². The molecule has 0 saturated heterocycles. The molecular formula is C20H31N3O3. The molecule has 144 valence electrons. The topological polar surface area (TPSA) is 87.3 Å². The standard InChI is InChI=1S/C20H31N3O3/c1-5-20(3,4)23-19(26)16-10-12-17(13-11-16)22-18(25)9-7-6-8-14-21-15(2)24/h10-13H,5-9,14H2,1-4H3,(H,21,24)(H,22,25)(H,23,26). The average molecular weight is 361 g/mol. The summed E-state index contributed by atoms with van der Waals surface area (Å²) < 4.78 is 0. The summed E-state index contributed by atoms with van der Waals surface area (Å²) in [6.45, 7) is 8.13. The highest BCUT2D eigenvalue weighted by atomic mass is 16.2. The number of anilines is 1. The summed E-state index contributed by atoms with van der Waals surface area (Å²) in [6.07, 6.45) is 3.81. The molecule has 0 spiro atoms. The average Bonchev–Trinajstić information content (AvgIpc) is 2.58. The number of carbonyl (C=O) groups is 3. The molecule has 0 aliphatic rings. The van der Waals surface area contributed by atoms with E-state index in [1.807, 2.05) is 20.8 Å². The second-order valence-corrected chi connectivity index (χ2v) is 7.11. The zero-order valence-electron chi connectivity index (χ0n) is 16.3. The highest BCUT2D eigenvalue weighted by molar-refractivity contribution is 5.96. The van der Waals surface area contributed by atoms with Crippen molar-refractivity contribution in [3.63, 3.8) is 0 Å². The van der Waals surface area contributed by atoms with E-state index in [2.05, 4.69) is 16.0 Å². The Labute approximate surface area is 156 Å². The summed E-state index contributed by atoms with van der Waals surface area (Å²) in [4.78, 5) is 34.9. The summed E-state index contributed by atoms with van der Waals surface area (Å²) in [6, 6.07) is 6.90. The molecule has 0 fully saturated rings. The van der Waals surface area contributed by atoms with Crippen molar-refractivity contribution in [3.05, 3.63) is 29.8 Å². The second kappa shape index (κ2) is 10.6. The Morgan fingerprint density at radius 3 is 2.23 bits per heavy atom. The maximum atomic E-state index is 12.2. The largest absolute Gasteiger partial charge is 0.356 e. The van der Waals surface area contributed by atoms with Crippen molar-refractivity contribution in [2.45, 2.75) is 65.3 Å². The van der Waals surface area contributed by atoms with Crippen LogP contribution < -0.4 is 16.0 Å². The minimum atomic E-state index is -0.246. The van der Waals surface area contributed by atoms with Crippen LogP contribution in [0, 0.1) is 0 Å². The van der Waals surface area contributed by atoms with E-state index in [1.165, 1.54) is 6.92 Å². The van der Waals surface area contributed by atoms with E-state index in [9.17, 15) is 14.4 Å². The van der Waals surface area contributed by atoms with E-state index >= 15 is 0 Å². The van der Waals surface area contributed by atoms with Crippen LogP contribution in [0.2, 0.25) is 0 Å². The molecule has 3 amide bonds. The molecule has 0 aromatic heterocycles. The maximum Gasteiger partial charge on any atom is 0.251 e. The van der Waals surface area contributed by atoms with Crippen molar-refractivity contribution < 1.29 is 14.4 Å². The molecule has 26 heavy (non-hydrogen) atoms. The molecular weight excluding hydrogens is 330 g/mol. The molecule has 0 radical (unpaired) electrons. The number of carbonyl (C=O) groups excluding carboxylic acids is 3. The van der Waals surface area contributed by atoms with Gasteiger partial charge in [0.05, 0.1) is 0 Å². The molecule has 3 N–H and O–H groups in total. The van der Waals surface area contributed by atoms with Crippen LogP contribution >= 0.6 is 0 Å². The summed E-state index contributed by atoms with van der Waals surface area (Å²) in [5.41, 5.74) is 1.01. The predicted molar refractivity (Wildman–Crippen MR) is 104 cm³/mol. The Balaban J connectivity index is 2.36. The van der Waals surface area contributed by atoms with Gasteiger partial charge in [-0.2, -0.15) is 0 Å². The van der Waals surface area contributed by atoms with Gasteiger partial charge in [0.25, 0.3) is 5.91 Å². The Morgan fingerprint density at radius 2 is 1.65 bits per heavy atom. The third-order valence-electron chi connectivity index (χ3n) is 4.22. The molecule has 0 unspecified atom stereocenters. The first-order valence-corrected chi connectivity index (χ1v) is 9.20. The zero-order valence-corrected chi connectivity index (χ0v) is 16.3. The van der Waals surface area contributed by atoms with E-state index in [-0.39, 0.29) is 23.3 Å². The first-order chi connectivity index (χ1) is 12.2. The highest BCUT2D eigenvalue weighted by Gasteiger charge is 2.18. The van der Waals surface area contributed by atoms with Crippen LogP contribution in [0.15, 0.2) is 24.3 Å². The van der Waals surface area contributed by atoms with Crippen molar-refractivity contribution >= 4 is 23.4 Å². The highest BCUT2D eigenvalue weighted by Crippen LogP contribution is 2.13. The lowest BCUT2D eigenvalue weighted by Crippen LogP contribution is -2.42. The summed E-state index contributed by atoms with van der Waals surface area (Å²) in [5, 5.41) is 8.55. The molecule has 0 heterocycles. The van der Waals surface area contributed by atoms with Gasteiger partial charge in [0.2, 0.25) is 11.8 Å². The first-order valence-electron chi connectivity index (χ1n) is 9.20. The molecule has 6 heteroatoms. The lowest BCUT2D eigenvalue weighted by Gasteiger charge is -2.24. The Morgan fingerprint density at radius 1 is 1.00 bits per heavy atom. The fourth-order valence-corrected chi connectivity index (χ4v) is 2.25. The molecule has 0 aliphatic heterocycles. The van der Waals surface area contributed by atoms with Gasteiger partial charge in [0.15, 0.2) is 0 Å². The molecule has 0 bridgehead atoms. The fraction of sp³-hybridized carbons (Fsp3) is 0.550. The molecule has 1 rings (SSSR count). The van der Waals surface area contributed by atoms with E-state index < -0.39 is 0 Å². The molecule has 0 saturated carbocycles. The van der Waals surface area contributed by atoms with E-state index in [0.29, 0.717) is 24.2 Å². The minimum absolute atomic E-state index is 0.0295. The molecule has 0 aliphatic carbocycles. The van der Waals surface area contributed by atoms with Gasteiger partial charge in [-0.3, -0.25) is 14.4 Å². The van der Waals surface area contributed by atoms with Gasteiger partial charge < -0.3 is 16.0 Å². The Bertz CT molecular complexity index is 609. The van der Waals surface area contributed by atoms with Crippen LogP contribution in [0.5, 0.6) is 0 Å². The smallest absolute Gasteiger partial charge is 0.251 e. The monoisotopic (exact) mass is 361 g/mol. The van der Waals surface area contributed by atoms with Crippen LogP contribution in [-0.4, -0.2) is 29.8 Å². The van der Waals surface area contributed by atoms with Gasteiger partial charge in [0, 0.05) is 36.7 Å². The number of hydrogen-bond acceptors (Lipinski definition) is 3. The Hall–Kier alpha value is -2.37. The van der Waals surface area contributed by atoms with Gasteiger partial charge in [0.1, 0.15) is 0 Å². The number of benzene rings is 1. The fourth-order valence-electron chi connectivity index (χ4n) is 2.25. The van der Waals surface area contributed by atoms with Crippen molar-refractivity contribution in [2.24, 2.45) is 0 Å². The third-order valence-corrected chi connectivity index (χ3v) is 4.22. The summed E-state index contributed by atoms with van der Waals surface area (Å²) in [7, 11) is 0. The SMILES string of the molecule is CCC(C)(C)NC(=O)c1ccc(NC(=O)CCCCCNC(C)=O)cc1.